The first-order valence-electron chi connectivity index (χ1n) is 12.7. The zero-order valence-corrected chi connectivity index (χ0v) is 22.9. The van der Waals surface area contributed by atoms with Crippen molar-refractivity contribution in [3.05, 3.63) is 0 Å². The van der Waals surface area contributed by atoms with Crippen molar-refractivity contribution in [1.82, 2.24) is 0 Å². The summed E-state index contributed by atoms with van der Waals surface area (Å²) in [6, 6.07) is 0. The van der Waals surface area contributed by atoms with Gasteiger partial charge in [-0.1, -0.05) is 71.6 Å². The van der Waals surface area contributed by atoms with Gasteiger partial charge in [-0.2, -0.15) is 0 Å². The van der Waals surface area contributed by atoms with Gasteiger partial charge in [-0.3, -0.25) is 14.2 Å². The van der Waals surface area contributed by atoms with Crippen LogP contribution in [0.5, 0.6) is 0 Å². The Morgan fingerprint density at radius 1 is 0.824 bits per heavy atom. The lowest BCUT2D eigenvalue weighted by molar-refractivity contribution is -0.870. The second kappa shape index (κ2) is 19.2. The summed E-state index contributed by atoms with van der Waals surface area (Å²) in [6.07, 6.45) is 10.9. The van der Waals surface area contributed by atoms with Crippen molar-refractivity contribution in [2.75, 3.05) is 47.5 Å². The molecule has 2 unspecified atom stereocenters. The fourth-order valence-corrected chi connectivity index (χ4v) is 3.77. The van der Waals surface area contributed by atoms with Gasteiger partial charge >= 0.3 is 11.9 Å². The van der Waals surface area contributed by atoms with E-state index in [1.54, 1.807) is 6.92 Å². The van der Waals surface area contributed by atoms with Gasteiger partial charge in [-0.25, -0.2) is 0 Å². The molecule has 0 heterocycles. The second-order valence-corrected chi connectivity index (χ2v) is 11.1. The molecule has 0 rings (SSSR count). The molecule has 0 N–H and O–H groups in total. The molecular formula is C24H48NO8P. The third-order valence-electron chi connectivity index (χ3n) is 5.18. The van der Waals surface area contributed by atoms with Crippen LogP contribution in [0.3, 0.4) is 0 Å². The lowest BCUT2D eigenvalue weighted by Gasteiger charge is -2.28. The average molecular weight is 510 g/mol. The molecule has 0 aromatic carbocycles. The molecule has 0 amide bonds. The van der Waals surface area contributed by atoms with Gasteiger partial charge in [0.2, 0.25) is 0 Å². The van der Waals surface area contributed by atoms with Crippen LogP contribution in [-0.2, 0) is 32.7 Å². The van der Waals surface area contributed by atoms with Gasteiger partial charge in [0.1, 0.15) is 19.8 Å². The summed E-state index contributed by atoms with van der Waals surface area (Å²) in [4.78, 5) is 35.7. The average Bonchev–Trinajstić information content (AvgIpc) is 2.75. The predicted molar refractivity (Wildman–Crippen MR) is 130 cm³/mol. The number of ether oxygens (including phenoxy) is 2. The molecule has 10 heteroatoms. The highest BCUT2D eigenvalue weighted by Gasteiger charge is 2.21. The second-order valence-electron chi connectivity index (χ2n) is 9.67. The predicted octanol–water partition coefficient (Wildman–Crippen LogP) is 4.37. The highest BCUT2D eigenvalue weighted by Crippen LogP contribution is 2.38. The molecule has 0 aliphatic carbocycles. The normalized spacial score (nSPS) is 14.4. The largest absolute Gasteiger partial charge is 0.756 e. The first kappa shape index (κ1) is 33.0. The van der Waals surface area contributed by atoms with E-state index in [4.69, 9.17) is 18.5 Å². The van der Waals surface area contributed by atoms with Crippen molar-refractivity contribution in [3.8, 4) is 0 Å². The maximum Gasteiger partial charge on any atom is 0.306 e. The van der Waals surface area contributed by atoms with Gasteiger partial charge in [0, 0.05) is 12.8 Å². The molecule has 9 nitrogen and oxygen atoms in total. The first-order chi connectivity index (χ1) is 16.0. The van der Waals surface area contributed by atoms with Gasteiger partial charge in [0.05, 0.1) is 27.7 Å². The summed E-state index contributed by atoms with van der Waals surface area (Å²) in [7, 11) is 1.16. The van der Waals surface area contributed by atoms with E-state index in [9.17, 15) is 19.0 Å². The van der Waals surface area contributed by atoms with E-state index in [0.717, 1.165) is 19.3 Å². The Morgan fingerprint density at radius 3 is 1.91 bits per heavy atom. The third kappa shape index (κ3) is 21.5. The number of carbonyl (C=O) groups is 2. The van der Waals surface area contributed by atoms with E-state index in [-0.39, 0.29) is 26.1 Å². The number of quaternary nitrogens is 1. The SMILES string of the molecule is CCCCCCCCCCCCC(=O)OC(COC(=O)CC)COP(=O)([O-])OCC[N+](C)(C)C. The maximum absolute atomic E-state index is 12.2. The molecule has 0 radical (unpaired) electrons. The molecule has 0 aliphatic rings. The quantitative estimate of drug-likeness (QED) is 0.0915. The van der Waals surface area contributed by atoms with E-state index in [2.05, 4.69) is 6.92 Å². The number of hydrogen-bond donors (Lipinski definition) is 0. The molecule has 0 bridgehead atoms. The van der Waals surface area contributed by atoms with Crippen molar-refractivity contribution >= 4 is 19.8 Å². The number of unbranched alkanes of at least 4 members (excludes halogenated alkanes) is 9. The molecule has 0 aliphatic heterocycles. The lowest BCUT2D eigenvalue weighted by Crippen LogP contribution is -2.37. The zero-order chi connectivity index (χ0) is 25.9. The van der Waals surface area contributed by atoms with E-state index in [1.165, 1.54) is 38.5 Å². The van der Waals surface area contributed by atoms with E-state index in [0.29, 0.717) is 17.4 Å². The van der Waals surface area contributed by atoms with Gasteiger partial charge in [-0.15, -0.1) is 0 Å². The van der Waals surface area contributed by atoms with Crippen LogP contribution in [0.25, 0.3) is 0 Å². The van der Waals surface area contributed by atoms with Crippen LogP contribution in [0.2, 0.25) is 0 Å². The Hall–Kier alpha value is -0.990. The minimum atomic E-state index is -4.57. The molecular weight excluding hydrogens is 461 g/mol. The van der Waals surface area contributed by atoms with E-state index in [1.807, 2.05) is 21.1 Å². The van der Waals surface area contributed by atoms with Crippen LogP contribution < -0.4 is 4.89 Å². The number of nitrogens with zero attached hydrogens (tertiary/aromatic N) is 1. The van der Waals surface area contributed by atoms with E-state index >= 15 is 0 Å². The van der Waals surface area contributed by atoms with Gasteiger partial charge in [0.25, 0.3) is 7.82 Å². The van der Waals surface area contributed by atoms with Crippen LogP contribution in [0.4, 0.5) is 0 Å². The first-order valence-corrected chi connectivity index (χ1v) is 14.2. The van der Waals surface area contributed by atoms with Crippen molar-refractivity contribution in [2.45, 2.75) is 97.0 Å². The van der Waals surface area contributed by atoms with Crippen LogP contribution in [0.15, 0.2) is 0 Å². The van der Waals surface area contributed by atoms with Crippen molar-refractivity contribution in [1.29, 1.82) is 0 Å². The number of likely N-dealkylation sites (N-methyl/N-ethyl adjacent to an activating group) is 1. The summed E-state index contributed by atoms with van der Waals surface area (Å²) in [5, 5.41) is 0. The fourth-order valence-electron chi connectivity index (χ4n) is 3.04. The maximum atomic E-state index is 12.2. The Labute approximate surface area is 206 Å². The molecule has 34 heavy (non-hydrogen) atoms. The number of rotatable bonds is 22. The van der Waals surface area contributed by atoms with E-state index < -0.39 is 32.5 Å². The minimum Gasteiger partial charge on any atom is -0.756 e. The number of carbonyl (C=O) groups excluding carboxylic acids is 2. The van der Waals surface area contributed by atoms with Gasteiger partial charge in [0.15, 0.2) is 6.10 Å². The summed E-state index contributed by atoms with van der Waals surface area (Å²) in [6.45, 7) is 3.56. The van der Waals surface area contributed by atoms with Crippen LogP contribution in [0.1, 0.15) is 90.9 Å². The summed E-state index contributed by atoms with van der Waals surface area (Å²) in [5.74, 6) is -0.937. The van der Waals surface area contributed by atoms with Gasteiger partial charge < -0.3 is 27.9 Å². The molecule has 0 fully saturated rings. The summed E-state index contributed by atoms with van der Waals surface area (Å²) in [5.41, 5.74) is 0. The topological polar surface area (TPSA) is 111 Å². The Balaban J connectivity index is 4.31. The fraction of sp³-hybridized carbons (Fsp3) is 0.917. The Bertz CT molecular complexity index is 594. The van der Waals surface area contributed by atoms with Crippen LogP contribution >= 0.6 is 7.82 Å². The highest BCUT2D eigenvalue weighted by atomic mass is 31.2. The van der Waals surface area contributed by atoms with Crippen LogP contribution in [-0.4, -0.2) is 70.0 Å². The smallest absolute Gasteiger partial charge is 0.306 e. The number of esters is 2. The molecule has 202 valence electrons. The third-order valence-corrected chi connectivity index (χ3v) is 6.15. The van der Waals surface area contributed by atoms with Crippen molar-refractivity contribution in [3.63, 3.8) is 0 Å². The number of phosphoric acid groups is 1. The lowest BCUT2D eigenvalue weighted by atomic mass is 10.1. The Morgan fingerprint density at radius 2 is 1.38 bits per heavy atom. The van der Waals surface area contributed by atoms with Crippen LogP contribution in [0, 0.1) is 0 Å². The van der Waals surface area contributed by atoms with Gasteiger partial charge in [-0.05, 0) is 6.42 Å². The molecule has 0 saturated heterocycles. The monoisotopic (exact) mass is 509 g/mol. The Kier molecular flexibility index (Phi) is 18.7. The molecule has 0 aromatic rings. The minimum absolute atomic E-state index is 0.0295. The zero-order valence-electron chi connectivity index (χ0n) is 22.1. The van der Waals surface area contributed by atoms with Crippen molar-refractivity contribution in [2.24, 2.45) is 0 Å². The standard InChI is InChI=1S/C24H48NO8P/c1-6-8-9-10-11-12-13-14-15-16-17-24(27)33-22(20-30-23(26)7-2)21-32-34(28,29)31-19-18-25(3,4)5/h22H,6-21H2,1-5H3. The molecule has 2 atom stereocenters. The highest BCUT2D eigenvalue weighted by molar-refractivity contribution is 7.45. The number of phosphoric ester groups is 1. The molecule has 0 aromatic heterocycles. The molecule has 0 spiro atoms. The van der Waals surface area contributed by atoms with Crippen molar-refractivity contribution < 1.29 is 42.1 Å². The summed E-state index contributed by atoms with van der Waals surface area (Å²) < 4.78 is 32.6. The number of hydrogen-bond acceptors (Lipinski definition) is 8. The molecule has 0 saturated carbocycles. The summed E-state index contributed by atoms with van der Waals surface area (Å²) >= 11 is 0.